The van der Waals surface area contributed by atoms with Gasteiger partial charge in [-0.25, -0.2) is 13.1 Å². The fourth-order valence-corrected chi connectivity index (χ4v) is 2.61. The van der Waals surface area contributed by atoms with Gasteiger partial charge >= 0.3 is 0 Å². The molecule has 0 aliphatic rings. The van der Waals surface area contributed by atoms with E-state index in [0.717, 1.165) is 0 Å². The number of likely N-dealkylation sites (N-methyl/N-ethyl adjacent to an activating group) is 1. The number of sulfonamides is 1. The van der Waals surface area contributed by atoms with Crippen molar-refractivity contribution < 1.29 is 13.3 Å². The Balaban J connectivity index is 2.72. The van der Waals surface area contributed by atoms with Crippen molar-refractivity contribution in [2.75, 3.05) is 13.6 Å². The Labute approximate surface area is 112 Å². The average Bonchev–Trinajstić information content (AvgIpc) is 2.35. The van der Waals surface area contributed by atoms with Gasteiger partial charge in [-0.15, -0.1) is 0 Å². The largest absolute Gasteiger partial charge is 0.316 e. The average molecular weight is 287 g/mol. The van der Waals surface area contributed by atoms with Crippen molar-refractivity contribution in [3.63, 3.8) is 0 Å². The van der Waals surface area contributed by atoms with Crippen LogP contribution in [-0.4, -0.2) is 33.0 Å². The first-order valence-corrected chi connectivity index (χ1v) is 7.37. The number of rotatable bonds is 7. The van der Waals surface area contributed by atoms with Crippen molar-refractivity contribution >= 4 is 15.7 Å². The monoisotopic (exact) mass is 287 g/mol. The maximum Gasteiger partial charge on any atom is 0.269 e. The predicted octanol–water partition coefficient (Wildman–Crippen LogP) is 0.622. The van der Waals surface area contributed by atoms with Gasteiger partial charge in [0.05, 0.1) is 10.7 Å². The second-order valence-corrected chi connectivity index (χ2v) is 6.03. The molecule has 1 aromatic carbocycles. The maximum absolute atomic E-state index is 11.8. The van der Waals surface area contributed by atoms with Gasteiger partial charge in [-0.2, -0.15) is 0 Å². The highest BCUT2D eigenvalue weighted by Crippen LogP contribution is 2.14. The topological polar surface area (TPSA) is 101 Å². The molecule has 8 heteroatoms. The molecule has 0 heterocycles. The molecule has 1 atom stereocenters. The zero-order valence-electron chi connectivity index (χ0n) is 10.8. The molecule has 0 aromatic heterocycles. The Morgan fingerprint density at radius 2 is 2.11 bits per heavy atom. The Kier molecular flexibility index (Phi) is 5.40. The molecule has 0 fully saturated rings. The van der Waals surface area contributed by atoms with Crippen LogP contribution in [0.5, 0.6) is 0 Å². The van der Waals surface area contributed by atoms with Crippen LogP contribution in [0, 0.1) is 10.1 Å². The van der Waals surface area contributed by atoms with E-state index in [-0.39, 0.29) is 24.0 Å². The fraction of sp³-hybridized carbons (Fsp3) is 0.455. The normalized spacial score (nSPS) is 13.2. The summed E-state index contributed by atoms with van der Waals surface area (Å²) in [6.45, 7) is 2.11. The molecule has 1 unspecified atom stereocenters. The lowest BCUT2D eigenvalue weighted by Crippen LogP contribution is -2.37. The highest BCUT2D eigenvalue weighted by atomic mass is 32.2. The molecule has 7 nitrogen and oxygen atoms in total. The van der Waals surface area contributed by atoms with E-state index >= 15 is 0 Å². The highest BCUT2D eigenvalue weighted by Gasteiger charge is 2.14. The van der Waals surface area contributed by atoms with E-state index in [1.807, 2.05) is 6.92 Å². The standard InChI is InChI=1S/C11H17N3O4S/c1-9(12-2)7-13-19(17,18)8-10-4-3-5-11(6-10)14(15)16/h3-6,9,12-13H,7-8H2,1-2H3. The first-order valence-electron chi connectivity index (χ1n) is 5.72. The van der Waals surface area contributed by atoms with E-state index in [9.17, 15) is 18.5 Å². The molecule has 0 amide bonds. The number of benzene rings is 1. The van der Waals surface area contributed by atoms with Crippen LogP contribution in [0.4, 0.5) is 5.69 Å². The molecule has 19 heavy (non-hydrogen) atoms. The third-order valence-corrected chi connectivity index (χ3v) is 3.90. The van der Waals surface area contributed by atoms with Gasteiger partial charge < -0.3 is 5.32 Å². The molecule has 0 spiro atoms. The number of nitro groups is 1. The van der Waals surface area contributed by atoms with Crippen molar-refractivity contribution in [2.24, 2.45) is 0 Å². The summed E-state index contributed by atoms with van der Waals surface area (Å²) in [4.78, 5) is 10.1. The van der Waals surface area contributed by atoms with Crippen LogP contribution in [0.2, 0.25) is 0 Å². The molecule has 0 radical (unpaired) electrons. The van der Waals surface area contributed by atoms with Gasteiger partial charge in [0.2, 0.25) is 10.0 Å². The van der Waals surface area contributed by atoms with Gasteiger partial charge in [0.1, 0.15) is 0 Å². The molecular formula is C11H17N3O4S. The third-order valence-electron chi connectivity index (χ3n) is 2.58. The summed E-state index contributed by atoms with van der Waals surface area (Å²) < 4.78 is 26.0. The quantitative estimate of drug-likeness (QED) is 0.565. The highest BCUT2D eigenvalue weighted by molar-refractivity contribution is 7.88. The Bertz CT molecular complexity index is 545. The lowest BCUT2D eigenvalue weighted by molar-refractivity contribution is -0.384. The zero-order valence-corrected chi connectivity index (χ0v) is 11.6. The SMILES string of the molecule is CNC(C)CNS(=O)(=O)Cc1cccc([N+](=O)[O-])c1. The minimum atomic E-state index is -3.49. The Hall–Kier alpha value is -1.51. The summed E-state index contributed by atoms with van der Waals surface area (Å²) in [7, 11) is -1.76. The second kappa shape index (κ2) is 6.60. The lowest BCUT2D eigenvalue weighted by Gasteiger charge is -2.11. The van der Waals surface area contributed by atoms with E-state index in [4.69, 9.17) is 0 Å². The molecule has 0 aliphatic carbocycles. The van der Waals surface area contributed by atoms with Crippen LogP contribution < -0.4 is 10.0 Å². The molecule has 0 bridgehead atoms. The van der Waals surface area contributed by atoms with E-state index in [0.29, 0.717) is 5.56 Å². The molecule has 106 valence electrons. The van der Waals surface area contributed by atoms with E-state index in [2.05, 4.69) is 10.0 Å². The molecule has 0 aliphatic heterocycles. The summed E-state index contributed by atoms with van der Waals surface area (Å²) in [5, 5.41) is 13.5. The van der Waals surface area contributed by atoms with Gasteiger partial charge in [-0.1, -0.05) is 12.1 Å². The first kappa shape index (κ1) is 15.5. The molecule has 0 saturated heterocycles. The van der Waals surface area contributed by atoms with Crippen LogP contribution in [-0.2, 0) is 15.8 Å². The van der Waals surface area contributed by atoms with Crippen LogP contribution in [0.15, 0.2) is 24.3 Å². The maximum atomic E-state index is 11.8. The van der Waals surface area contributed by atoms with Gasteiger partial charge in [-0.05, 0) is 19.5 Å². The molecule has 0 saturated carbocycles. The second-order valence-electron chi connectivity index (χ2n) is 4.22. The van der Waals surface area contributed by atoms with Gasteiger partial charge in [0.15, 0.2) is 0 Å². The van der Waals surface area contributed by atoms with Crippen molar-refractivity contribution in [2.45, 2.75) is 18.7 Å². The van der Waals surface area contributed by atoms with Gasteiger partial charge in [-0.3, -0.25) is 10.1 Å². The van der Waals surface area contributed by atoms with Crippen LogP contribution >= 0.6 is 0 Å². The molecule has 2 N–H and O–H groups in total. The summed E-state index contributed by atoms with van der Waals surface area (Å²) in [6, 6.07) is 5.63. The van der Waals surface area contributed by atoms with Gasteiger partial charge in [0, 0.05) is 24.7 Å². The van der Waals surface area contributed by atoms with E-state index in [1.165, 1.54) is 18.2 Å². The number of hydrogen-bond donors (Lipinski definition) is 2. The lowest BCUT2D eigenvalue weighted by atomic mass is 10.2. The zero-order chi connectivity index (χ0) is 14.5. The number of nitrogens with zero attached hydrogens (tertiary/aromatic N) is 1. The number of non-ortho nitro benzene ring substituents is 1. The van der Waals surface area contributed by atoms with E-state index in [1.54, 1.807) is 13.1 Å². The van der Waals surface area contributed by atoms with Crippen LogP contribution in [0.25, 0.3) is 0 Å². The summed E-state index contributed by atoms with van der Waals surface area (Å²) in [6.07, 6.45) is 0. The summed E-state index contributed by atoms with van der Waals surface area (Å²) >= 11 is 0. The van der Waals surface area contributed by atoms with Crippen molar-refractivity contribution in [3.05, 3.63) is 39.9 Å². The number of nitro benzene ring substituents is 1. The predicted molar refractivity (Wildman–Crippen MR) is 72.2 cm³/mol. The minimum absolute atomic E-state index is 0.0138. The fourth-order valence-electron chi connectivity index (χ4n) is 1.38. The van der Waals surface area contributed by atoms with Gasteiger partial charge in [0.25, 0.3) is 5.69 Å². The summed E-state index contributed by atoms with van der Waals surface area (Å²) in [5.74, 6) is -0.273. The van der Waals surface area contributed by atoms with Crippen molar-refractivity contribution in [1.29, 1.82) is 0 Å². The first-order chi connectivity index (χ1) is 8.84. The van der Waals surface area contributed by atoms with Crippen LogP contribution in [0.1, 0.15) is 12.5 Å². The Morgan fingerprint density at radius 1 is 1.42 bits per heavy atom. The summed E-state index contributed by atoms with van der Waals surface area (Å²) in [5.41, 5.74) is 0.273. The Morgan fingerprint density at radius 3 is 2.68 bits per heavy atom. The molecule has 1 aromatic rings. The van der Waals surface area contributed by atoms with Crippen molar-refractivity contribution in [3.8, 4) is 0 Å². The third kappa shape index (κ3) is 5.33. The van der Waals surface area contributed by atoms with Crippen molar-refractivity contribution in [1.82, 2.24) is 10.0 Å². The molecular weight excluding hydrogens is 270 g/mol. The smallest absolute Gasteiger partial charge is 0.269 e. The molecule has 1 rings (SSSR count). The number of hydrogen-bond acceptors (Lipinski definition) is 5. The minimum Gasteiger partial charge on any atom is -0.316 e. The van der Waals surface area contributed by atoms with E-state index < -0.39 is 14.9 Å². The number of nitrogens with one attached hydrogen (secondary N) is 2. The van der Waals surface area contributed by atoms with Crippen LogP contribution in [0.3, 0.4) is 0 Å².